The van der Waals surface area contributed by atoms with Crippen molar-refractivity contribution in [3.8, 4) is 0 Å². The predicted molar refractivity (Wildman–Crippen MR) is 117 cm³/mol. The Labute approximate surface area is 194 Å². The van der Waals surface area contributed by atoms with Crippen molar-refractivity contribution in [1.82, 2.24) is 15.8 Å². The molecule has 0 atom stereocenters. The van der Waals surface area contributed by atoms with Gasteiger partial charge in [-0.1, -0.05) is 19.1 Å². The Bertz CT molecular complexity index is 1120. The number of carbonyl (C=O) groups is 5. The maximum Gasteiger partial charge on any atom is 0.344 e. The highest BCUT2D eigenvalue weighted by Crippen LogP contribution is 2.35. The molecule has 0 radical (unpaired) electrons. The van der Waals surface area contributed by atoms with E-state index in [1.165, 1.54) is 24.5 Å². The molecule has 1 aliphatic carbocycles. The number of hydrogen-bond acceptors (Lipinski definition) is 7. The Morgan fingerprint density at radius 3 is 2.59 bits per heavy atom. The van der Waals surface area contributed by atoms with Crippen LogP contribution in [0, 0.1) is 5.92 Å². The molecule has 2 fully saturated rings. The molecule has 1 spiro atoms. The molecule has 0 bridgehead atoms. The van der Waals surface area contributed by atoms with Crippen molar-refractivity contribution in [2.24, 2.45) is 5.92 Å². The molecule has 1 saturated carbocycles. The van der Waals surface area contributed by atoms with Gasteiger partial charge in [-0.15, -0.1) is 0 Å². The number of ether oxygens (including phenoxy) is 1. The maximum atomic E-state index is 12.8. The van der Waals surface area contributed by atoms with Gasteiger partial charge in [-0.05, 0) is 55.9 Å². The second-order valence-corrected chi connectivity index (χ2v) is 8.42. The number of anilines is 1. The third-order valence-electron chi connectivity index (χ3n) is 6.00. The molecule has 2 heterocycles. The van der Waals surface area contributed by atoms with Crippen LogP contribution in [0.15, 0.2) is 47.1 Å². The van der Waals surface area contributed by atoms with E-state index in [9.17, 15) is 24.0 Å². The van der Waals surface area contributed by atoms with E-state index < -0.39 is 41.9 Å². The highest BCUT2D eigenvalue weighted by atomic mass is 16.5. The summed E-state index contributed by atoms with van der Waals surface area (Å²) in [5.41, 5.74) is 1.38. The number of urea groups is 1. The van der Waals surface area contributed by atoms with Crippen LogP contribution in [0.25, 0.3) is 0 Å². The number of carbonyl (C=O) groups excluding carboxylic acids is 5. The van der Waals surface area contributed by atoms with Gasteiger partial charge in [-0.2, -0.15) is 5.01 Å². The lowest BCUT2D eigenvalue weighted by atomic mass is 9.77. The van der Waals surface area contributed by atoms with E-state index in [4.69, 9.17) is 9.15 Å². The van der Waals surface area contributed by atoms with E-state index in [0.29, 0.717) is 23.8 Å². The van der Waals surface area contributed by atoms with Gasteiger partial charge in [0.15, 0.2) is 12.4 Å². The Morgan fingerprint density at radius 2 is 1.88 bits per heavy atom. The number of benzene rings is 1. The first-order valence-electron chi connectivity index (χ1n) is 10.9. The number of imide groups is 1. The predicted octanol–water partition coefficient (Wildman–Crippen LogP) is 2.22. The van der Waals surface area contributed by atoms with Crippen LogP contribution < -0.4 is 16.1 Å². The quantitative estimate of drug-likeness (QED) is 0.435. The molecule has 1 aromatic carbocycles. The molecule has 2 aliphatic rings. The largest absolute Gasteiger partial charge is 0.459 e. The summed E-state index contributed by atoms with van der Waals surface area (Å²) in [5.74, 6) is -2.29. The molecule has 178 valence electrons. The van der Waals surface area contributed by atoms with Gasteiger partial charge in [-0.25, -0.2) is 9.59 Å². The van der Waals surface area contributed by atoms with Crippen LogP contribution in [0.1, 0.15) is 53.5 Å². The summed E-state index contributed by atoms with van der Waals surface area (Å²) in [4.78, 5) is 62.2. The van der Waals surface area contributed by atoms with Crippen molar-refractivity contribution in [2.45, 2.75) is 38.1 Å². The van der Waals surface area contributed by atoms with Crippen LogP contribution in [0.2, 0.25) is 0 Å². The van der Waals surface area contributed by atoms with Gasteiger partial charge in [0.1, 0.15) is 5.54 Å². The van der Waals surface area contributed by atoms with Crippen LogP contribution in [0.4, 0.5) is 10.5 Å². The minimum absolute atomic E-state index is 0.0143. The molecule has 5 amide bonds. The van der Waals surface area contributed by atoms with Gasteiger partial charge < -0.3 is 19.8 Å². The van der Waals surface area contributed by atoms with Gasteiger partial charge in [0.05, 0.1) is 17.5 Å². The van der Waals surface area contributed by atoms with E-state index >= 15 is 0 Å². The molecule has 1 saturated heterocycles. The van der Waals surface area contributed by atoms with Crippen molar-refractivity contribution >= 4 is 35.4 Å². The summed E-state index contributed by atoms with van der Waals surface area (Å²) in [6.45, 7) is 1.35. The molecule has 4 rings (SSSR count). The van der Waals surface area contributed by atoms with Crippen molar-refractivity contribution in [3.63, 3.8) is 0 Å². The fraction of sp³-hybridized carbons (Fsp3) is 0.348. The Morgan fingerprint density at radius 1 is 1.15 bits per heavy atom. The average Bonchev–Trinajstić information content (AvgIpc) is 3.44. The van der Waals surface area contributed by atoms with Gasteiger partial charge in [-0.3, -0.25) is 19.8 Å². The highest BCUT2D eigenvalue weighted by molar-refractivity contribution is 6.08. The van der Waals surface area contributed by atoms with Gasteiger partial charge in [0.2, 0.25) is 0 Å². The average molecular weight is 468 g/mol. The molecule has 34 heavy (non-hydrogen) atoms. The minimum atomic E-state index is -1.00. The fourth-order valence-corrected chi connectivity index (χ4v) is 4.04. The molecular formula is C23H24N4O7. The molecule has 11 nitrogen and oxygen atoms in total. The minimum Gasteiger partial charge on any atom is -0.459 e. The second kappa shape index (κ2) is 9.38. The highest BCUT2D eigenvalue weighted by Gasteiger charge is 2.52. The van der Waals surface area contributed by atoms with E-state index in [1.54, 1.807) is 18.2 Å². The zero-order valence-electron chi connectivity index (χ0n) is 18.5. The van der Waals surface area contributed by atoms with Crippen molar-refractivity contribution < 1.29 is 33.1 Å². The zero-order valence-corrected chi connectivity index (χ0v) is 18.5. The Hall–Kier alpha value is -4.15. The van der Waals surface area contributed by atoms with Gasteiger partial charge in [0.25, 0.3) is 17.7 Å². The van der Waals surface area contributed by atoms with Crippen LogP contribution >= 0.6 is 0 Å². The standard InChI is InChI=1S/C23H24N4O7/c1-14-8-10-23(11-9-14)21(31)27(22(32)25-23)26-18(28)13-34-20(30)15-5-2-3-6-16(15)24-19(29)17-7-4-12-33-17/h2-7,12,14H,8-11,13H2,1H3,(H,24,29)(H,25,32)(H,26,28). The maximum absolute atomic E-state index is 12.8. The first-order chi connectivity index (χ1) is 16.3. The number of hydrazine groups is 1. The molecule has 11 heteroatoms. The fourth-order valence-electron chi connectivity index (χ4n) is 4.04. The van der Waals surface area contributed by atoms with E-state index in [0.717, 1.165) is 12.8 Å². The molecule has 2 aromatic rings. The van der Waals surface area contributed by atoms with Gasteiger partial charge in [0, 0.05) is 0 Å². The number of furan rings is 1. The second-order valence-electron chi connectivity index (χ2n) is 8.42. The van der Waals surface area contributed by atoms with Gasteiger partial charge >= 0.3 is 12.0 Å². The monoisotopic (exact) mass is 468 g/mol. The topological polar surface area (TPSA) is 147 Å². The number of amides is 5. The lowest BCUT2D eigenvalue weighted by molar-refractivity contribution is -0.141. The molecular weight excluding hydrogens is 444 g/mol. The summed E-state index contributed by atoms with van der Waals surface area (Å²) in [7, 11) is 0. The van der Waals surface area contributed by atoms with Crippen LogP contribution in [0.5, 0.6) is 0 Å². The van der Waals surface area contributed by atoms with Crippen molar-refractivity contribution in [3.05, 3.63) is 54.0 Å². The van der Waals surface area contributed by atoms with E-state index in [1.807, 2.05) is 0 Å². The molecule has 0 unspecified atom stereocenters. The SMILES string of the molecule is CC1CCC2(CC1)NC(=O)N(NC(=O)COC(=O)c1ccccc1NC(=O)c1ccco1)C2=O. The Kier molecular flexibility index (Phi) is 6.35. The third-order valence-corrected chi connectivity index (χ3v) is 6.00. The lowest BCUT2D eigenvalue weighted by Crippen LogP contribution is -2.52. The molecule has 1 aliphatic heterocycles. The summed E-state index contributed by atoms with van der Waals surface area (Å²) in [6.07, 6.45) is 3.93. The number of esters is 1. The normalized spacial score (nSPS) is 21.8. The number of nitrogens with one attached hydrogen (secondary N) is 3. The number of rotatable bonds is 6. The first-order valence-corrected chi connectivity index (χ1v) is 10.9. The number of nitrogens with zero attached hydrogens (tertiary/aromatic N) is 1. The number of para-hydroxylation sites is 1. The van der Waals surface area contributed by atoms with Crippen molar-refractivity contribution in [2.75, 3.05) is 11.9 Å². The summed E-state index contributed by atoms with van der Waals surface area (Å²) in [6, 6.07) is 8.39. The van der Waals surface area contributed by atoms with Crippen LogP contribution in [-0.4, -0.2) is 46.9 Å². The summed E-state index contributed by atoms with van der Waals surface area (Å²) >= 11 is 0. The van der Waals surface area contributed by atoms with Crippen LogP contribution in [-0.2, 0) is 14.3 Å². The third kappa shape index (κ3) is 4.63. The molecule has 3 N–H and O–H groups in total. The number of hydrogen-bond donors (Lipinski definition) is 3. The molecule has 1 aromatic heterocycles. The smallest absolute Gasteiger partial charge is 0.344 e. The zero-order chi connectivity index (χ0) is 24.3. The summed E-state index contributed by atoms with van der Waals surface area (Å²) in [5, 5.41) is 5.88. The van der Waals surface area contributed by atoms with Crippen LogP contribution in [0.3, 0.4) is 0 Å². The van der Waals surface area contributed by atoms with E-state index in [2.05, 4.69) is 23.0 Å². The van der Waals surface area contributed by atoms with Crippen molar-refractivity contribution in [1.29, 1.82) is 0 Å². The van der Waals surface area contributed by atoms with E-state index in [-0.39, 0.29) is 17.0 Å². The lowest BCUT2D eigenvalue weighted by Gasteiger charge is -2.33. The summed E-state index contributed by atoms with van der Waals surface area (Å²) < 4.78 is 10.1. The Balaban J connectivity index is 1.34. The first kappa shape index (κ1) is 23.0.